The van der Waals surface area contributed by atoms with Gasteiger partial charge in [0.15, 0.2) is 11.6 Å². The fraction of sp³-hybridized carbons (Fsp3) is 0.528. The van der Waals surface area contributed by atoms with Crippen LogP contribution >= 0.6 is 22.9 Å². The number of hydrogen-bond acceptors (Lipinski definition) is 10. The van der Waals surface area contributed by atoms with Crippen molar-refractivity contribution in [3.8, 4) is 29.0 Å². The van der Waals surface area contributed by atoms with Crippen LogP contribution in [-0.2, 0) is 4.74 Å². The number of nitrogen functional groups attached to an aromatic ring is 1. The first kappa shape index (κ1) is 32.7. The van der Waals surface area contributed by atoms with Gasteiger partial charge in [0, 0.05) is 30.5 Å². The smallest absolute Gasteiger partial charge is 0.319 e. The first-order valence-corrected chi connectivity index (χ1v) is 18.3. The second-order valence-corrected chi connectivity index (χ2v) is 15.8. The van der Waals surface area contributed by atoms with E-state index in [1.165, 1.54) is 12.1 Å². The van der Waals surface area contributed by atoms with E-state index in [-0.39, 0.29) is 71.8 Å². The summed E-state index contributed by atoms with van der Waals surface area (Å²) in [6.45, 7) is 10.4. The van der Waals surface area contributed by atoms with Gasteiger partial charge in [-0.25, -0.2) is 8.78 Å². The van der Waals surface area contributed by atoms with Gasteiger partial charge in [0.25, 0.3) is 0 Å². The number of fused-ring (bicyclic) bond motifs is 4. The summed E-state index contributed by atoms with van der Waals surface area (Å²) >= 11 is 8.07. The van der Waals surface area contributed by atoms with Crippen molar-refractivity contribution in [1.29, 1.82) is 5.26 Å². The minimum absolute atomic E-state index is 0.00454. The Kier molecular flexibility index (Phi) is 8.25. The summed E-state index contributed by atoms with van der Waals surface area (Å²) < 4.78 is 51.8. The first-order valence-electron chi connectivity index (χ1n) is 17.1. The Labute approximate surface area is 292 Å². The summed E-state index contributed by atoms with van der Waals surface area (Å²) in [5.74, 6) is 0.315. The highest BCUT2D eigenvalue weighted by molar-refractivity contribution is 7.23. The van der Waals surface area contributed by atoms with Crippen molar-refractivity contribution >= 4 is 54.7 Å². The van der Waals surface area contributed by atoms with Gasteiger partial charge < -0.3 is 24.8 Å². The Morgan fingerprint density at radius 1 is 1.22 bits per heavy atom. The summed E-state index contributed by atoms with van der Waals surface area (Å²) in [5.41, 5.74) is 6.29. The van der Waals surface area contributed by atoms with Crippen molar-refractivity contribution in [3.63, 3.8) is 0 Å². The van der Waals surface area contributed by atoms with Gasteiger partial charge in [0.1, 0.15) is 34.8 Å². The molecule has 9 nitrogen and oxygen atoms in total. The number of benzene rings is 2. The fourth-order valence-electron chi connectivity index (χ4n) is 8.61. The van der Waals surface area contributed by atoms with E-state index in [2.05, 4.69) is 36.6 Å². The molecule has 8 rings (SSSR count). The topological polar surface area (TPSA) is 110 Å². The predicted molar refractivity (Wildman–Crippen MR) is 188 cm³/mol. The number of hydrogen-bond donors (Lipinski definition) is 1. The molecule has 0 aliphatic carbocycles. The predicted octanol–water partition coefficient (Wildman–Crippen LogP) is 7.55. The van der Waals surface area contributed by atoms with Crippen molar-refractivity contribution in [3.05, 3.63) is 34.4 Å². The van der Waals surface area contributed by atoms with Gasteiger partial charge in [-0.15, -0.1) is 11.3 Å². The number of rotatable bonds is 5. The zero-order chi connectivity index (χ0) is 34.2. The molecule has 2 unspecified atom stereocenters. The van der Waals surface area contributed by atoms with Crippen LogP contribution in [0.25, 0.3) is 32.1 Å². The van der Waals surface area contributed by atoms with Gasteiger partial charge in [0.05, 0.1) is 51.6 Å². The molecule has 0 saturated carbocycles. The second-order valence-electron chi connectivity index (χ2n) is 14.4. The lowest BCUT2D eigenvalue weighted by Gasteiger charge is -2.34. The van der Waals surface area contributed by atoms with E-state index in [1.54, 1.807) is 0 Å². The maximum atomic E-state index is 17.4. The maximum Gasteiger partial charge on any atom is 0.319 e. The van der Waals surface area contributed by atoms with Gasteiger partial charge in [-0.1, -0.05) is 38.4 Å². The average Bonchev–Trinajstić information content (AvgIpc) is 3.65. The minimum atomic E-state index is -0.735. The SMILES string of the molecule is CC(C)C1CCN2c3nc(OC[C@@]45CCCN4C[C@H](C)C5)nc4c(F)c(-c5ccc(F)c6sc(N)c(C#N)c56)c(Cl)c(c34)OCCC2CO1. The molecule has 4 aliphatic rings. The highest BCUT2D eigenvalue weighted by Crippen LogP contribution is 2.51. The lowest BCUT2D eigenvalue weighted by Crippen LogP contribution is -2.43. The van der Waals surface area contributed by atoms with Crippen molar-refractivity contribution < 1.29 is 23.0 Å². The molecule has 0 spiro atoms. The van der Waals surface area contributed by atoms with Crippen molar-refractivity contribution in [1.82, 2.24) is 14.9 Å². The lowest BCUT2D eigenvalue weighted by atomic mass is 9.92. The van der Waals surface area contributed by atoms with Gasteiger partial charge in [0.2, 0.25) is 0 Å². The van der Waals surface area contributed by atoms with Crippen LogP contribution in [0.5, 0.6) is 11.8 Å². The highest BCUT2D eigenvalue weighted by Gasteiger charge is 2.48. The van der Waals surface area contributed by atoms with Crippen LogP contribution in [0.2, 0.25) is 5.02 Å². The van der Waals surface area contributed by atoms with Crippen LogP contribution in [0.1, 0.15) is 58.4 Å². The standard InChI is InChI=1S/C36H39ClF2N6O3S/c1-18(2)24-7-11-45-20(16-47-24)8-12-46-31-27-30(42-35(43-34(27)45)48-17-36-9-4-10-44(36)15-19(3)13-36)29(39)26(28(31)37)21-5-6-23(38)32-25(21)22(14-40)33(41)49-32/h5-6,18-20,24H,4,7-13,15-17,41H2,1-3H3/t19-,20?,24?,36+/m1/s1. The molecule has 2 aromatic carbocycles. The van der Waals surface area contributed by atoms with E-state index in [4.69, 9.17) is 41.5 Å². The number of nitrogens with two attached hydrogens (primary N) is 1. The molecule has 49 heavy (non-hydrogen) atoms. The van der Waals surface area contributed by atoms with Crippen LogP contribution < -0.4 is 20.1 Å². The highest BCUT2D eigenvalue weighted by atomic mass is 35.5. The van der Waals surface area contributed by atoms with Crippen molar-refractivity contribution in [2.24, 2.45) is 11.8 Å². The zero-order valence-electron chi connectivity index (χ0n) is 27.8. The van der Waals surface area contributed by atoms with Crippen LogP contribution in [0.4, 0.5) is 19.6 Å². The molecule has 4 aromatic rings. The Morgan fingerprint density at radius 2 is 2.06 bits per heavy atom. The molecule has 3 saturated heterocycles. The Morgan fingerprint density at radius 3 is 2.86 bits per heavy atom. The number of nitriles is 1. The molecule has 0 radical (unpaired) electrons. The molecule has 4 aliphatic heterocycles. The molecular formula is C36H39ClF2N6O3S. The van der Waals surface area contributed by atoms with Crippen molar-refractivity contribution in [2.45, 2.75) is 70.6 Å². The normalized spacial score (nSPS) is 25.5. The number of nitrogens with zero attached hydrogens (tertiary/aromatic N) is 5. The summed E-state index contributed by atoms with van der Waals surface area (Å²) in [7, 11) is 0. The third kappa shape index (κ3) is 5.27. The molecular weight excluding hydrogens is 670 g/mol. The Balaban J connectivity index is 1.34. The van der Waals surface area contributed by atoms with Crippen LogP contribution in [0.3, 0.4) is 0 Å². The number of thiophene rings is 1. The number of aromatic nitrogens is 2. The van der Waals surface area contributed by atoms with Gasteiger partial charge in [-0.2, -0.15) is 15.2 Å². The van der Waals surface area contributed by atoms with Gasteiger partial charge >= 0.3 is 6.01 Å². The number of anilines is 2. The van der Waals surface area contributed by atoms with Gasteiger partial charge in [-0.3, -0.25) is 4.90 Å². The lowest BCUT2D eigenvalue weighted by molar-refractivity contribution is 0.0209. The molecule has 13 heteroatoms. The largest absolute Gasteiger partial charge is 0.491 e. The molecule has 2 aromatic heterocycles. The molecule has 3 fully saturated rings. The van der Waals surface area contributed by atoms with E-state index in [0.29, 0.717) is 55.8 Å². The number of halogens is 3. The average molecular weight is 709 g/mol. The number of ether oxygens (including phenoxy) is 3. The Bertz CT molecular complexity index is 2020. The molecule has 4 atom stereocenters. The van der Waals surface area contributed by atoms with E-state index in [0.717, 1.165) is 50.1 Å². The third-order valence-electron chi connectivity index (χ3n) is 10.9. The van der Waals surface area contributed by atoms with Gasteiger partial charge in [-0.05, 0) is 55.7 Å². The monoisotopic (exact) mass is 708 g/mol. The summed E-state index contributed by atoms with van der Waals surface area (Å²) in [5, 5.41) is 10.7. The summed E-state index contributed by atoms with van der Waals surface area (Å²) in [6, 6.07) is 4.74. The summed E-state index contributed by atoms with van der Waals surface area (Å²) in [4.78, 5) is 14.4. The molecule has 0 amide bonds. The first-order chi connectivity index (χ1) is 23.6. The van der Waals surface area contributed by atoms with E-state index in [1.807, 2.05) is 0 Å². The minimum Gasteiger partial charge on any atom is -0.491 e. The molecule has 6 heterocycles. The van der Waals surface area contributed by atoms with E-state index >= 15 is 8.78 Å². The third-order valence-corrected chi connectivity index (χ3v) is 12.3. The maximum absolute atomic E-state index is 17.4. The quantitative estimate of drug-likeness (QED) is 0.225. The zero-order valence-corrected chi connectivity index (χ0v) is 29.4. The fourth-order valence-corrected chi connectivity index (χ4v) is 9.89. The van der Waals surface area contributed by atoms with Crippen LogP contribution in [0, 0.1) is 34.8 Å². The molecule has 0 bridgehead atoms. The summed E-state index contributed by atoms with van der Waals surface area (Å²) in [6.07, 6.45) is 4.60. The molecule has 2 N–H and O–H groups in total. The van der Waals surface area contributed by atoms with Crippen LogP contribution in [-0.4, -0.2) is 72.0 Å². The Hall–Kier alpha value is -3.50. The van der Waals surface area contributed by atoms with E-state index in [9.17, 15) is 5.26 Å². The second kappa shape index (κ2) is 12.4. The van der Waals surface area contributed by atoms with Crippen molar-refractivity contribution in [2.75, 3.05) is 50.1 Å². The van der Waals surface area contributed by atoms with Crippen LogP contribution in [0.15, 0.2) is 12.1 Å². The molecule has 258 valence electrons. The van der Waals surface area contributed by atoms with E-state index < -0.39 is 11.6 Å².